The molecule has 0 radical (unpaired) electrons. The molecule has 0 spiro atoms. The molecule has 1 aromatic rings. The van der Waals surface area contributed by atoms with E-state index in [1.54, 1.807) is 0 Å². The monoisotopic (exact) mass is 314 g/mol. The fraction of sp³-hybridized carbons (Fsp3) is 0.571. The summed E-state index contributed by atoms with van der Waals surface area (Å²) in [5.74, 6) is 1.65. The summed E-state index contributed by atoms with van der Waals surface area (Å²) in [6, 6.07) is 5.96. The first-order valence-electron chi connectivity index (χ1n) is 6.42. The van der Waals surface area contributed by atoms with E-state index in [2.05, 4.69) is 15.9 Å². The number of ether oxygens (including phenoxy) is 3. The van der Waals surface area contributed by atoms with Crippen molar-refractivity contribution in [3.8, 4) is 11.5 Å². The molecule has 4 heteroatoms. The lowest BCUT2D eigenvalue weighted by Crippen LogP contribution is -1.96. The minimum atomic E-state index is 0.327. The lowest BCUT2D eigenvalue weighted by molar-refractivity contribution is 0.116. The maximum atomic E-state index is 5.65. The molecule has 18 heavy (non-hydrogen) atoms. The van der Waals surface area contributed by atoms with E-state index in [0.717, 1.165) is 35.4 Å². The Bertz CT molecular complexity index is 368. The molecule has 1 aliphatic rings. The molecule has 0 amide bonds. The van der Waals surface area contributed by atoms with Crippen LogP contribution in [-0.2, 0) is 11.3 Å². The van der Waals surface area contributed by atoms with Gasteiger partial charge in [0.05, 0.1) is 6.61 Å². The average Bonchev–Trinajstić information content (AvgIpc) is 2.85. The van der Waals surface area contributed by atoms with Crippen LogP contribution in [0.1, 0.15) is 31.2 Å². The molecule has 100 valence electrons. The zero-order valence-electron chi connectivity index (χ0n) is 10.5. The molecular weight excluding hydrogens is 296 g/mol. The number of rotatable bonds is 8. The Kier molecular flexibility index (Phi) is 5.81. The largest absolute Gasteiger partial charge is 0.454 e. The predicted octanol–water partition coefficient (Wildman–Crippen LogP) is 3.89. The van der Waals surface area contributed by atoms with Gasteiger partial charge in [-0.1, -0.05) is 34.8 Å². The topological polar surface area (TPSA) is 27.7 Å². The minimum absolute atomic E-state index is 0.327. The van der Waals surface area contributed by atoms with Crippen LogP contribution in [0.4, 0.5) is 0 Å². The quantitative estimate of drug-likeness (QED) is 0.538. The highest BCUT2D eigenvalue weighted by molar-refractivity contribution is 9.09. The number of fused-ring (bicyclic) bond motifs is 1. The highest BCUT2D eigenvalue weighted by Gasteiger charge is 2.12. The van der Waals surface area contributed by atoms with Gasteiger partial charge in [0.25, 0.3) is 0 Å². The summed E-state index contributed by atoms with van der Waals surface area (Å²) >= 11 is 3.43. The Balaban J connectivity index is 1.62. The van der Waals surface area contributed by atoms with Crippen molar-refractivity contribution in [1.82, 2.24) is 0 Å². The van der Waals surface area contributed by atoms with Crippen molar-refractivity contribution in [3.63, 3.8) is 0 Å². The summed E-state index contributed by atoms with van der Waals surface area (Å²) in [4.78, 5) is 0. The van der Waals surface area contributed by atoms with Gasteiger partial charge in [0.15, 0.2) is 11.5 Å². The lowest BCUT2D eigenvalue weighted by atomic mass is 10.2. The molecule has 0 aromatic heterocycles. The first-order valence-corrected chi connectivity index (χ1v) is 7.54. The van der Waals surface area contributed by atoms with Crippen molar-refractivity contribution in [2.24, 2.45) is 0 Å². The average molecular weight is 315 g/mol. The molecule has 0 unspecified atom stereocenters. The van der Waals surface area contributed by atoms with Crippen LogP contribution in [0.5, 0.6) is 11.5 Å². The van der Waals surface area contributed by atoms with Crippen molar-refractivity contribution < 1.29 is 14.2 Å². The highest BCUT2D eigenvalue weighted by Crippen LogP contribution is 2.32. The van der Waals surface area contributed by atoms with Crippen LogP contribution in [0.3, 0.4) is 0 Å². The maximum Gasteiger partial charge on any atom is 0.231 e. The number of hydrogen-bond acceptors (Lipinski definition) is 3. The molecular formula is C14H19BrO3. The molecule has 0 atom stereocenters. The SMILES string of the molecule is BrCCCCCCOCc1ccc2c(c1)OCO2. The van der Waals surface area contributed by atoms with Gasteiger partial charge in [0, 0.05) is 11.9 Å². The van der Waals surface area contributed by atoms with E-state index in [1.807, 2.05) is 18.2 Å². The van der Waals surface area contributed by atoms with Crippen LogP contribution in [0.25, 0.3) is 0 Å². The van der Waals surface area contributed by atoms with E-state index < -0.39 is 0 Å². The van der Waals surface area contributed by atoms with Gasteiger partial charge < -0.3 is 14.2 Å². The maximum absolute atomic E-state index is 5.65. The van der Waals surface area contributed by atoms with Gasteiger partial charge in [0.1, 0.15) is 0 Å². The van der Waals surface area contributed by atoms with Gasteiger partial charge in [-0.15, -0.1) is 0 Å². The minimum Gasteiger partial charge on any atom is -0.454 e. The summed E-state index contributed by atoms with van der Waals surface area (Å²) < 4.78 is 16.2. The third-order valence-electron chi connectivity index (χ3n) is 2.88. The van der Waals surface area contributed by atoms with Crippen LogP contribution in [0, 0.1) is 0 Å². The molecule has 0 aliphatic carbocycles. The zero-order valence-corrected chi connectivity index (χ0v) is 12.1. The molecule has 1 aromatic carbocycles. The van der Waals surface area contributed by atoms with Crippen LogP contribution >= 0.6 is 15.9 Å². The Morgan fingerprint density at radius 1 is 1.06 bits per heavy atom. The molecule has 0 bridgehead atoms. The van der Waals surface area contributed by atoms with E-state index in [4.69, 9.17) is 14.2 Å². The van der Waals surface area contributed by atoms with Crippen LogP contribution < -0.4 is 9.47 Å². The first-order chi connectivity index (χ1) is 8.90. The Labute approximate surface area is 117 Å². The van der Waals surface area contributed by atoms with Crippen molar-refractivity contribution in [2.75, 3.05) is 18.7 Å². The van der Waals surface area contributed by atoms with Gasteiger partial charge in [-0.2, -0.15) is 0 Å². The van der Waals surface area contributed by atoms with Crippen LogP contribution in [0.15, 0.2) is 18.2 Å². The number of halogens is 1. The van der Waals surface area contributed by atoms with E-state index in [9.17, 15) is 0 Å². The second kappa shape index (κ2) is 7.64. The number of benzene rings is 1. The summed E-state index contributed by atoms with van der Waals surface area (Å²) in [5.41, 5.74) is 1.14. The molecule has 1 heterocycles. The van der Waals surface area contributed by atoms with Crippen LogP contribution in [0.2, 0.25) is 0 Å². The van der Waals surface area contributed by atoms with Crippen molar-refractivity contribution >= 4 is 15.9 Å². The normalized spacial score (nSPS) is 12.9. The molecule has 0 saturated heterocycles. The van der Waals surface area contributed by atoms with Gasteiger partial charge in [0.2, 0.25) is 6.79 Å². The summed E-state index contributed by atoms with van der Waals surface area (Å²) in [6.07, 6.45) is 4.91. The molecule has 3 nitrogen and oxygen atoms in total. The van der Waals surface area contributed by atoms with Gasteiger partial charge >= 0.3 is 0 Å². The smallest absolute Gasteiger partial charge is 0.231 e. The fourth-order valence-corrected chi connectivity index (χ4v) is 2.27. The van der Waals surface area contributed by atoms with E-state index in [-0.39, 0.29) is 0 Å². The van der Waals surface area contributed by atoms with E-state index in [0.29, 0.717) is 13.4 Å². The molecule has 2 rings (SSSR count). The number of alkyl halides is 1. The van der Waals surface area contributed by atoms with Gasteiger partial charge in [-0.05, 0) is 30.5 Å². The van der Waals surface area contributed by atoms with Gasteiger partial charge in [-0.3, -0.25) is 0 Å². The summed E-state index contributed by atoms with van der Waals surface area (Å²) in [7, 11) is 0. The lowest BCUT2D eigenvalue weighted by Gasteiger charge is -2.05. The highest BCUT2D eigenvalue weighted by atomic mass is 79.9. The first kappa shape index (κ1) is 13.7. The Morgan fingerprint density at radius 2 is 1.89 bits per heavy atom. The number of unbranched alkanes of at least 4 members (excludes halogenated alkanes) is 3. The fourth-order valence-electron chi connectivity index (χ4n) is 1.87. The molecule has 0 N–H and O–H groups in total. The molecule has 1 aliphatic heterocycles. The Hall–Kier alpha value is -0.740. The molecule has 0 fully saturated rings. The van der Waals surface area contributed by atoms with Gasteiger partial charge in [-0.25, -0.2) is 0 Å². The summed E-state index contributed by atoms with van der Waals surface area (Å²) in [5, 5.41) is 1.10. The van der Waals surface area contributed by atoms with Crippen molar-refractivity contribution in [3.05, 3.63) is 23.8 Å². The third-order valence-corrected chi connectivity index (χ3v) is 3.44. The second-order valence-corrected chi connectivity index (χ2v) is 5.14. The Morgan fingerprint density at radius 3 is 2.78 bits per heavy atom. The third kappa shape index (κ3) is 4.18. The summed E-state index contributed by atoms with van der Waals surface area (Å²) in [6.45, 7) is 1.80. The zero-order chi connectivity index (χ0) is 12.6. The van der Waals surface area contributed by atoms with E-state index >= 15 is 0 Å². The van der Waals surface area contributed by atoms with Crippen molar-refractivity contribution in [1.29, 1.82) is 0 Å². The van der Waals surface area contributed by atoms with Crippen molar-refractivity contribution in [2.45, 2.75) is 32.3 Å². The second-order valence-electron chi connectivity index (χ2n) is 4.34. The van der Waals surface area contributed by atoms with Crippen LogP contribution in [-0.4, -0.2) is 18.7 Å². The van der Waals surface area contributed by atoms with E-state index in [1.165, 1.54) is 19.3 Å². The predicted molar refractivity (Wildman–Crippen MR) is 74.5 cm³/mol. The number of hydrogen-bond donors (Lipinski definition) is 0. The standard InChI is InChI=1S/C14H19BrO3/c15-7-3-1-2-4-8-16-10-12-5-6-13-14(9-12)18-11-17-13/h5-6,9H,1-4,7-8,10-11H2. The molecule has 0 saturated carbocycles.